The number of aromatic nitrogens is 3. The largest absolute Gasteiger partial charge is 0.493 e. The zero-order valence-electron chi connectivity index (χ0n) is 17.0. The lowest BCUT2D eigenvalue weighted by Gasteiger charge is -2.22. The van der Waals surface area contributed by atoms with Gasteiger partial charge in [0.25, 0.3) is 5.56 Å². The Labute approximate surface area is 183 Å². The van der Waals surface area contributed by atoms with Crippen LogP contribution in [0.4, 0.5) is 10.5 Å². The molecule has 0 unspecified atom stereocenters. The number of benzene rings is 2. The molecule has 0 aliphatic carbocycles. The second kappa shape index (κ2) is 9.57. The fourth-order valence-corrected chi connectivity index (χ4v) is 3.12. The fourth-order valence-electron chi connectivity index (χ4n) is 3.12. The van der Waals surface area contributed by atoms with E-state index in [1.807, 2.05) is 60.7 Å². The molecule has 2 N–H and O–H groups in total. The lowest BCUT2D eigenvalue weighted by Crippen LogP contribution is -2.31. The summed E-state index contributed by atoms with van der Waals surface area (Å²) in [7, 11) is 0. The van der Waals surface area contributed by atoms with Crippen molar-refractivity contribution in [3.8, 4) is 17.4 Å². The summed E-state index contributed by atoms with van der Waals surface area (Å²) < 4.78 is 5.54. The molecule has 0 bridgehead atoms. The molecule has 8 nitrogen and oxygen atoms in total. The van der Waals surface area contributed by atoms with Gasteiger partial charge in [-0.3, -0.25) is 14.7 Å². The van der Waals surface area contributed by atoms with Crippen molar-refractivity contribution < 1.29 is 14.6 Å². The maximum atomic E-state index is 13.0. The topological polar surface area (TPSA) is 108 Å². The molecule has 1 amide bonds. The van der Waals surface area contributed by atoms with Crippen LogP contribution in [0, 0.1) is 0 Å². The van der Waals surface area contributed by atoms with Crippen molar-refractivity contribution in [1.29, 1.82) is 0 Å². The number of hydrogen-bond donors (Lipinski definition) is 2. The van der Waals surface area contributed by atoms with Crippen LogP contribution in [0.5, 0.6) is 5.88 Å². The predicted octanol–water partition coefficient (Wildman–Crippen LogP) is 3.88. The van der Waals surface area contributed by atoms with Gasteiger partial charge in [0.05, 0.1) is 12.6 Å². The lowest BCUT2D eigenvalue weighted by molar-refractivity contribution is 0.146. The molecule has 8 heteroatoms. The third kappa shape index (κ3) is 5.17. The van der Waals surface area contributed by atoms with Crippen LogP contribution in [0.15, 0.2) is 89.9 Å². The molecule has 0 atom stereocenters. The Balaban J connectivity index is 1.58. The molecule has 4 rings (SSSR count). The van der Waals surface area contributed by atoms with Gasteiger partial charge in [0.1, 0.15) is 12.3 Å². The molecular formula is C24H20N4O4. The number of aromatic hydroxyl groups is 1. The SMILES string of the molecule is O=C(OCc1ccccc1)N(Cc1ccnc(-c2nc(O)cc(=O)[nH]2)c1)c1ccccc1. The molecule has 32 heavy (non-hydrogen) atoms. The molecular weight excluding hydrogens is 408 g/mol. The Kier molecular flexibility index (Phi) is 6.22. The molecule has 0 radical (unpaired) electrons. The molecule has 4 aromatic rings. The number of amides is 1. The van der Waals surface area contributed by atoms with E-state index in [2.05, 4.69) is 15.0 Å². The molecule has 0 saturated carbocycles. The molecule has 0 saturated heterocycles. The summed E-state index contributed by atoms with van der Waals surface area (Å²) in [5.41, 5.74) is 2.17. The molecule has 0 fully saturated rings. The summed E-state index contributed by atoms with van der Waals surface area (Å²) in [6.07, 6.45) is 1.05. The molecule has 0 spiro atoms. The number of rotatable bonds is 6. The maximum Gasteiger partial charge on any atom is 0.414 e. The zero-order valence-corrected chi connectivity index (χ0v) is 17.0. The third-order valence-corrected chi connectivity index (χ3v) is 4.63. The Morgan fingerprint density at radius 3 is 2.41 bits per heavy atom. The summed E-state index contributed by atoms with van der Waals surface area (Å²) in [5, 5.41) is 9.62. The normalized spacial score (nSPS) is 10.5. The smallest absolute Gasteiger partial charge is 0.414 e. The molecule has 2 aromatic carbocycles. The van der Waals surface area contributed by atoms with Crippen molar-refractivity contribution in [2.24, 2.45) is 0 Å². The van der Waals surface area contributed by atoms with E-state index in [9.17, 15) is 14.7 Å². The summed E-state index contributed by atoms with van der Waals surface area (Å²) in [4.78, 5) is 36.8. The van der Waals surface area contributed by atoms with E-state index in [0.717, 1.165) is 17.2 Å². The van der Waals surface area contributed by atoms with E-state index in [1.54, 1.807) is 18.3 Å². The molecule has 0 aliphatic rings. The number of pyridine rings is 1. The number of para-hydroxylation sites is 1. The van der Waals surface area contributed by atoms with Crippen LogP contribution < -0.4 is 10.5 Å². The van der Waals surface area contributed by atoms with Crippen molar-refractivity contribution in [3.63, 3.8) is 0 Å². The van der Waals surface area contributed by atoms with Crippen LogP contribution in [-0.4, -0.2) is 26.2 Å². The van der Waals surface area contributed by atoms with Gasteiger partial charge in [-0.25, -0.2) is 4.79 Å². The third-order valence-electron chi connectivity index (χ3n) is 4.63. The van der Waals surface area contributed by atoms with Gasteiger partial charge in [-0.15, -0.1) is 0 Å². The first-order valence-corrected chi connectivity index (χ1v) is 9.87. The molecule has 2 aromatic heterocycles. The Hall–Kier alpha value is -4.46. The van der Waals surface area contributed by atoms with E-state index in [0.29, 0.717) is 11.4 Å². The number of anilines is 1. The second-order valence-corrected chi connectivity index (χ2v) is 6.96. The number of hydrogen-bond acceptors (Lipinski definition) is 6. The first-order valence-electron chi connectivity index (χ1n) is 9.87. The van der Waals surface area contributed by atoms with Crippen LogP contribution in [0.1, 0.15) is 11.1 Å². The number of nitrogens with one attached hydrogen (secondary N) is 1. The van der Waals surface area contributed by atoms with Crippen LogP contribution in [0.2, 0.25) is 0 Å². The number of H-pyrrole nitrogens is 1. The summed E-state index contributed by atoms with van der Waals surface area (Å²) in [6, 6.07) is 23.1. The van der Waals surface area contributed by atoms with Crippen molar-refractivity contribution in [2.45, 2.75) is 13.2 Å². The first kappa shape index (κ1) is 20.8. The summed E-state index contributed by atoms with van der Waals surface area (Å²) in [5.74, 6) is -0.263. The standard InChI is InChI=1S/C24H20N4O4/c29-21-14-22(30)27-23(26-21)20-13-18(11-12-25-20)15-28(19-9-5-2-6-10-19)24(31)32-16-17-7-3-1-4-8-17/h1-14H,15-16H2,(H2,26,27,29,30). The molecule has 2 heterocycles. The molecule has 0 aliphatic heterocycles. The monoisotopic (exact) mass is 428 g/mol. The highest BCUT2D eigenvalue weighted by atomic mass is 16.6. The number of nitrogens with zero attached hydrogens (tertiary/aromatic N) is 3. The second-order valence-electron chi connectivity index (χ2n) is 6.96. The van der Waals surface area contributed by atoms with Crippen LogP contribution in [-0.2, 0) is 17.9 Å². The van der Waals surface area contributed by atoms with Gasteiger partial charge < -0.3 is 14.8 Å². The number of ether oxygens (including phenoxy) is 1. The van der Waals surface area contributed by atoms with Gasteiger partial charge in [0.2, 0.25) is 5.88 Å². The van der Waals surface area contributed by atoms with Gasteiger partial charge >= 0.3 is 6.09 Å². The average Bonchev–Trinajstić information content (AvgIpc) is 2.82. The van der Waals surface area contributed by atoms with E-state index in [1.165, 1.54) is 4.90 Å². The highest BCUT2D eigenvalue weighted by Crippen LogP contribution is 2.21. The molecule has 160 valence electrons. The average molecular weight is 428 g/mol. The fraction of sp³-hybridized carbons (Fsp3) is 0.0833. The van der Waals surface area contributed by atoms with Crippen LogP contribution in [0.3, 0.4) is 0 Å². The first-order chi connectivity index (χ1) is 15.6. The van der Waals surface area contributed by atoms with Gasteiger partial charge in [-0.2, -0.15) is 4.98 Å². The van der Waals surface area contributed by atoms with E-state index in [-0.39, 0.29) is 19.0 Å². The van der Waals surface area contributed by atoms with E-state index >= 15 is 0 Å². The highest BCUT2D eigenvalue weighted by Gasteiger charge is 2.18. The van der Waals surface area contributed by atoms with Gasteiger partial charge in [-0.05, 0) is 35.4 Å². The van der Waals surface area contributed by atoms with Crippen molar-refractivity contribution in [1.82, 2.24) is 15.0 Å². The predicted molar refractivity (Wildman–Crippen MR) is 119 cm³/mol. The number of carbonyl (C=O) groups is 1. The van der Waals surface area contributed by atoms with E-state index in [4.69, 9.17) is 4.74 Å². The van der Waals surface area contributed by atoms with Gasteiger partial charge in [-0.1, -0.05) is 48.5 Å². The Morgan fingerprint density at radius 2 is 1.69 bits per heavy atom. The van der Waals surface area contributed by atoms with E-state index < -0.39 is 17.5 Å². The van der Waals surface area contributed by atoms with Crippen molar-refractivity contribution in [2.75, 3.05) is 4.90 Å². The lowest BCUT2D eigenvalue weighted by atomic mass is 10.2. The number of carbonyl (C=O) groups excluding carboxylic acids is 1. The van der Waals surface area contributed by atoms with Crippen molar-refractivity contribution >= 4 is 11.8 Å². The van der Waals surface area contributed by atoms with Crippen molar-refractivity contribution in [3.05, 3.63) is 107 Å². The summed E-state index contributed by atoms with van der Waals surface area (Å²) >= 11 is 0. The van der Waals surface area contributed by atoms with Crippen LogP contribution >= 0.6 is 0 Å². The minimum absolute atomic E-state index is 0.134. The maximum absolute atomic E-state index is 13.0. The minimum Gasteiger partial charge on any atom is -0.493 e. The zero-order chi connectivity index (χ0) is 22.3. The number of aromatic amines is 1. The highest BCUT2D eigenvalue weighted by molar-refractivity contribution is 5.87. The Bertz CT molecular complexity index is 1260. The van der Waals surface area contributed by atoms with Gasteiger partial charge in [0.15, 0.2) is 5.82 Å². The minimum atomic E-state index is -0.498. The quantitative estimate of drug-likeness (QED) is 0.482. The van der Waals surface area contributed by atoms with Crippen LogP contribution in [0.25, 0.3) is 11.5 Å². The Morgan fingerprint density at radius 1 is 0.969 bits per heavy atom. The van der Waals surface area contributed by atoms with Gasteiger partial charge in [0, 0.05) is 11.9 Å². The summed E-state index contributed by atoms with van der Waals surface area (Å²) in [6.45, 7) is 0.356.